The molecule has 5 nitrogen and oxygen atoms in total. The summed E-state index contributed by atoms with van der Waals surface area (Å²) in [7, 11) is 1.64. The Hall–Kier alpha value is -2.01. The second-order valence-electron chi connectivity index (χ2n) is 3.95. The number of ether oxygens (including phenoxy) is 1. The summed E-state index contributed by atoms with van der Waals surface area (Å²) in [6, 6.07) is 7.82. The van der Waals surface area contributed by atoms with Gasteiger partial charge in [0, 0.05) is 6.54 Å². The van der Waals surface area contributed by atoms with Gasteiger partial charge in [-0.2, -0.15) is 5.10 Å². The van der Waals surface area contributed by atoms with Gasteiger partial charge in [-0.05, 0) is 24.1 Å². The number of nitrogens with one attached hydrogen (secondary N) is 2. The summed E-state index contributed by atoms with van der Waals surface area (Å²) in [5, 5.41) is 9.18. The van der Waals surface area contributed by atoms with Crippen LogP contribution in [0.4, 0.5) is 5.69 Å². The largest absolute Gasteiger partial charge is 0.497 e. The molecule has 0 bridgehead atoms. The fourth-order valence-electron chi connectivity index (χ4n) is 1.64. The molecule has 0 atom stereocenters. The van der Waals surface area contributed by atoms with Crippen LogP contribution in [0.25, 0.3) is 0 Å². The predicted molar refractivity (Wildman–Crippen MR) is 75.1 cm³/mol. The van der Waals surface area contributed by atoms with E-state index in [1.165, 1.54) is 11.8 Å². The summed E-state index contributed by atoms with van der Waals surface area (Å²) in [4.78, 5) is 11.2. The molecule has 0 aliphatic rings. The molecule has 0 amide bonds. The van der Waals surface area contributed by atoms with Gasteiger partial charge in [0.15, 0.2) is 0 Å². The Bertz CT molecular complexity index is 596. The number of aromatic nitrogens is 2. The minimum absolute atomic E-state index is 0.129. The first kappa shape index (κ1) is 13.4. The molecule has 2 aromatic rings. The van der Waals surface area contributed by atoms with Crippen molar-refractivity contribution in [2.24, 2.45) is 0 Å². The minimum atomic E-state index is -0.392. The lowest BCUT2D eigenvalue weighted by atomic mass is 10.1. The van der Waals surface area contributed by atoms with Gasteiger partial charge >= 0.3 is 0 Å². The second-order valence-corrected chi connectivity index (χ2v) is 4.33. The Morgan fingerprint density at radius 1 is 1.37 bits per heavy atom. The summed E-state index contributed by atoms with van der Waals surface area (Å²) in [5.74, 6) is 0.832. The highest BCUT2D eigenvalue weighted by atomic mass is 35.5. The first-order valence-corrected chi connectivity index (χ1v) is 6.18. The maximum Gasteiger partial charge on any atom is 0.285 e. The van der Waals surface area contributed by atoms with Crippen molar-refractivity contribution < 1.29 is 4.74 Å². The van der Waals surface area contributed by atoms with Crippen molar-refractivity contribution in [1.29, 1.82) is 0 Å². The van der Waals surface area contributed by atoms with Crippen molar-refractivity contribution >= 4 is 17.3 Å². The average molecular weight is 280 g/mol. The second kappa shape index (κ2) is 6.24. The number of rotatable bonds is 5. The van der Waals surface area contributed by atoms with Gasteiger partial charge in [0.25, 0.3) is 5.56 Å². The maximum atomic E-state index is 11.2. The molecular weight excluding hydrogens is 266 g/mol. The molecule has 0 unspecified atom stereocenters. The predicted octanol–water partition coefficient (Wildman–Crippen LogP) is 2.09. The normalized spacial score (nSPS) is 10.2. The van der Waals surface area contributed by atoms with E-state index in [0.717, 1.165) is 12.2 Å². The number of hydrogen-bond acceptors (Lipinski definition) is 4. The molecule has 100 valence electrons. The van der Waals surface area contributed by atoms with Crippen LogP contribution < -0.4 is 15.6 Å². The van der Waals surface area contributed by atoms with Crippen molar-refractivity contribution in [3.05, 3.63) is 51.4 Å². The minimum Gasteiger partial charge on any atom is -0.497 e. The highest BCUT2D eigenvalue weighted by molar-refractivity contribution is 6.32. The SMILES string of the molecule is COc1ccc(CCNc2cn[nH]c(=O)c2Cl)cc1. The Balaban J connectivity index is 1.92. The van der Waals surface area contributed by atoms with Crippen LogP contribution in [-0.4, -0.2) is 23.9 Å². The summed E-state index contributed by atoms with van der Waals surface area (Å²) in [6.07, 6.45) is 2.31. The lowest BCUT2D eigenvalue weighted by molar-refractivity contribution is 0.414. The maximum absolute atomic E-state index is 11.2. The standard InChI is InChI=1S/C13H14ClN3O2/c1-19-10-4-2-9(3-5-10)6-7-15-11-8-16-17-13(18)12(11)14/h2-5,8H,6-7H2,1H3,(H2,15,17,18). The van der Waals surface area contributed by atoms with Crippen LogP contribution >= 0.6 is 11.6 Å². The van der Waals surface area contributed by atoms with Gasteiger partial charge in [-0.15, -0.1) is 0 Å². The fourth-order valence-corrected chi connectivity index (χ4v) is 1.80. The van der Waals surface area contributed by atoms with Crippen LogP contribution in [0.15, 0.2) is 35.3 Å². The summed E-state index contributed by atoms with van der Waals surface area (Å²) < 4.78 is 5.09. The van der Waals surface area contributed by atoms with Crippen LogP contribution in [0, 0.1) is 0 Å². The van der Waals surface area contributed by atoms with Gasteiger partial charge in [0.05, 0.1) is 19.0 Å². The Labute approximate surface area is 115 Å². The number of aromatic amines is 1. The third-order valence-corrected chi connectivity index (χ3v) is 3.06. The quantitative estimate of drug-likeness (QED) is 0.879. The van der Waals surface area contributed by atoms with Crippen molar-refractivity contribution in [3.8, 4) is 5.75 Å². The molecule has 6 heteroatoms. The molecule has 2 N–H and O–H groups in total. The summed E-state index contributed by atoms with van der Waals surface area (Å²) in [6.45, 7) is 0.664. The van der Waals surface area contributed by atoms with Crippen molar-refractivity contribution in [2.45, 2.75) is 6.42 Å². The Morgan fingerprint density at radius 3 is 2.79 bits per heavy atom. The van der Waals surface area contributed by atoms with Gasteiger partial charge in [0.2, 0.25) is 0 Å². The van der Waals surface area contributed by atoms with Crippen LogP contribution in [0.5, 0.6) is 5.75 Å². The topological polar surface area (TPSA) is 67.0 Å². The summed E-state index contributed by atoms with van der Waals surface area (Å²) in [5.41, 5.74) is 1.32. The molecule has 0 aliphatic carbocycles. The van der Waals surface area contributed by atoms with E-state index in [4.69, 9.17) is 16.3 Å². The zero-order valence-electron chi connectivity index (χ0n) is 10.4. The lowest BCUT2D eigenvalue weighted by Crippen LogP contribution is -2.13. The van der Waals surface area contributed by atoms with E-state index >= 15 is 0 Å². The fraction of sp³-hybridized carbons (Fsp3) is 0.231. The zero-order chi connectivity index (χ0) is 13.7. The molecular formula is C13H14ClN3O2. The Kier molecular flexibility index (Phi) is 4.41. The van der Waals surface area contributed by atoms with Gasteiger partial charge in [-0.3, -0.25) is 4.79 Å². The molecule has 0 aliphatic heterocycles. The van der Waals surface area contributed by atoms with Crippen LogP contribution in [0.1, 0.15) is 5.56 Å². The van der Waals surface area contributed by atoms with Crippen molar-refractivity contribution in [3.63, 3.8) is 0 Å². The van der Waals surface area contributed by atoms with E-state index in [-0.39, 0.29) is 5.02 Å². The zero-order valence-corrected chi connectivity index (χ0v) is 11.2. The van der Waals surface area contributed by atoms with E-state index in [0.29, 0.717) is 12.2 Å². The number of anilines is 1. The molecule has 0 fully saturated rings. The van der Waals surface area contributed by atoms with Gasteiger partial charge in [-0.1, -0.05) is 23.7 Å². The van der Waals surface area contributed by atoms with Crippen LogP contribution in [0.2, 0.25) is 5.02 Å². The smallest absolute Gasteiger partial charge is 0.285 e. The first-order chi connectivity index (χ1) is 9.20. The van der Waals surface area contributed by atoms with Crippen LogP contribution in [-0.2, 0) is 6.42 Å². The highest BCUT2D eigenvalue weighted by Crippen LogP contribution is 2.15. The monoisotopic (exact) mass is 279 g/mol. The number of halogens is 1. The van der Waals surface area contributed by atoms with Crippen molar-refractivity contribution in [2.75, 3.05) is 19.0 Å². The molecule has 1 heterocycles. The van der Waals surface area contributed by atoms with E-state index in [1.54, 1.807) is 7.11 Å². The summed E-state index contributed by atoms with van der Waals surface area (Å²) >= 11 is 5.85. The molecule has 0 spiro atoms. The van der Waals surface area contributed by atoms with Crippen LogP contribution in [0.3, 0.4) is 0 Å². The molecule has 1 aromatic carbocycles. The molecule has 0 saturated heterocycles. The molecule has 19 heavy (non-hydrogen) atoms. The number of nitrogens with zero attached hydrogens (tertiary/aromatic N) is 1. The van der Waals surface area contributed by atoms with E-state index in [1.807, 2.05) is 24.3 Å². The van der Waals surface area contributed by atoms with E-state index < -0.39 is 5.56 Å². The van der Waals surface area contributed by atoms with E-state index in [2.05, 4.69) is 15.5 Å². The Morgan fingerprint density at radius 2 is 2.11 bits per heavy atom. The highest BCUT2D eigenvalue weighted by Gasteiger charge is 2.03. The van der Waals surface area contributed by atoms with Crippen molar-refractivity contribution in [1.82, 2.24) is 10.2 Å². The number of H-pyrrole nitrogens is 1. The molecule has 0 radical (unpaired) electrons. The number of hydrogen-bond donors (Lipinski definition) is 2. The third-order valence-electron chi connectivity index (χ3n) is 2.68. The number of benzene rings is 1. The van der Waals surface area contributed by atoms with Gasteiger partial charge < -0.3 is 10.1 Å². The van der Waals surface area contributed by atoms with Gasteiger partial charge in [0.1, 0.15) is 10.8 Å². The molecule has 0 saturated carbocycles. The average Bonchev–Trinajstić information content (AvgIpc) is 2.44. The van der Waals surface area contributed by atoms with Gasteiger partial charge in [-0.25, -0.2) is 5.10 Å². The number of methoxy groups -OCH3 is 1. The lowest BCUT2D eigenvalue weighted by Gasteiger charge is -2.07. The third kappa shape index (κ3) is 3.48. The molecule has 2 rings (SSSR count). The van der Waals surface area contributed by atoms with E-state index in [9.17, 15) is 4.79 Å². The first-order valence-electron chi connectivity index (χ1n) is 5.80. The molecule has 1 aromatic heterocycles.